The molecule has 1 unspecified atom stereocenters. The Morgan fingerprint density at radius 1 is 0.944 bits per heavy atom. The Kier molecular flexibility index (Phi) is 7.21. The maximum Gasteiger partial charge on any atom is 0.227 e. The van der Waals surface area contributed by atoms with Crippen molar-refractivity contribution in [2.45, 2.75) is 45.1 Å². The Hall–Kier alpha value is -3.80. The Labute approximate surface area is 212 Å². The van der Waals surface area contributed by atoms with Crippen molar-refractivity contribution in [2.75, 3.05) is 25.2 Å². The van der Waals surface area contributed by atoms with Crippen molar-refractivity contribution >= 4 is 22.6 Å². The van der Waals surface area contributed by atoms with Crippen LogP contribution in [-0.2, 0) is 17.8 Å². The van der Waals surface area contributed by atoms with E-state index in [9.17, 15) is 4.79 Å². The van der Waals surface area contributed by atoms with Crippen LogP contribution in [0.5, 0.6) is 11.5 Å². The van der Waals surface area contributed by atoms with Gasteiger partial charge in [0.05, 0.1) is 24.8 Å². The molecule has 0 N–H and O–H groups in total. The summed E-state index contributed by atoms with van der Waals surface area (Å²) in [7, 11) is 1.66. The molecule has 1 aromatic heterocycles. The standard InChI is InChI=1S/C30H33N3O3/c1-3-22-14-16-24(17-15-22)33-21-23(20-29(33)34)30-31-25-10-4-5-11-26(25)32(30)18-8-9-19-36-28-13-7-6-12-27(28)35-2/h4-7,10-17,23H,3,8-9,18-21H2,1-2H3. The number of nitrogens with zero attached hydrogens (tertiary/aromatic N) is 3. The Bertz CT molecular complexity index is 1330. The molecular formula is C30H33N3O3. The fraction of sp³-hybridized carbons (Fsp3) is 0.333. The predicted octanol–water partition coefficient (Wildman–Crippen LogP) is 5.99. The normalized spacial score (nSPS) is 15.6. The van der Waals surface area contributed by atoms with Crippen LogP contribution in [-0.4, -0.2) is 35.7 Å². The number of aryl methyl sites for hydroxylation is 2. The highest BCUT2D eigenvalue weighted by Gasteiger charge is 2.34. The molecule has 1 amide bonds. The molecule has 36 heavy (non-hydrogen) atoms. The van der Waals surface area contributed by atoms with Gasteiger partial charge in [-0.1, -0.05) is 43.3 Å². The molecule has 0 radical (unpaired) electrons. The van der Waals surface area contributed by atoms with Gasteiger partial charge in [-0.25, -0.2) is 4.98 Å². The summed E-state index contributed by atoms with van der Waals surface area (Å²) in [5.74, 6) is 2.75. The molecule has 0 aliphatic carbocycles. The Morgan fingerprint density at radius 2 is 1.69 bits per heavy atom. The van der Waals surface area contributed by atoms with E-state index in [0.29, 0.717) is 19.6 Å². The molecule has 0 saturated carbocycles. The van der Waals surface area contributed by atoms with Gasteiger partial charge in [0.1, 0.15) is 5.82 Å². The minimum Gasteiger partial charge on any atom is -0.493 e. The minimum absolute atomic E-state index is 0.0700. The third kappa shape index (κ3) is 4.94. The van der Waals surface area contributed by atoms with Crippen molar-refractivity contribution < 1.29 is 14.3 Å². The van der Waals surface area contributed by atoms with Gasteiger partial charge in [-0.3, -0.25) is 4.79 Å². The topological polar surface area (TPSA) is 56.6 Å². The molecule has 3 aromatic carbocycles. The maximum atomic E-state index is 13.0. The highest BCUT2D eigenvalue weighted by Crippen LogP contribution is 2.33. The summed E-state index contributed by atoms with van der Waals surface area (Å²) < 4.78 is 13.6. The second-order valence-corrected chi connectivity index (χ2v) is 9.24. The number of methoxy groups -OCH3 is 1. The molecule has 1 saturated heterocycles. The number of aromatic nitrogens is 2. The van der Waals surface area contributed by atoms with E-state index in [1.54, 1.807) is 7.11 Å². The molecule has 1 fully saturated rings. The molecule has 2 heterocycles. The lowest BCUT2D eigenvalue weighted by Crippen LogP contribution is -2.24. The lowest BCUT2D eigenvalue weighted by Gasteiger charge is -2.18. The molecule has 1 aliphatic heterocycles. The molecule has 6 nitrogen and oxygen atoms in total. The second-order valence-electron chi connectivity index (χ2n) is 9.24. The molecule has 1 atom stereocenters. The van der Waals surface area contributed by atoms with Crippen LogP contribution < -0.4 is 14.4 Å². The minimum atomic E-state index is 0.0700. The highest BCUT2D eigenvalue weighted by atomic mass is 16.5. The van der Waals surface area contributed by atoms with Crippen LogP contribution in [0.4, 0.5) is 5.69 Å². The summed E-state index contributed by atoms with van der Waals surface area (Å²) in [5, 5.41) is 0. The molecule has 1 aliphatic rings. The van der Waals surface area contributed by atoms with E-state index in [0.717, 1.165) is 59.9 Å². The number of carbonyl (C=O) groups excluding carboxylic acids is 1. The van der Waals surface area contributed by atoms with Crippen LogP contribution in [0, 0.1) is 0 Å². The second kappa shape index (κ2) is 10.9. The fourth-order valence-electron chi connectivity index (χ4n) is 4.97. The molecular weight excluding hydrogens is 450 g/mol. The van der Waals surface area contributed by atoms with Crippen LogP contribution in [0.25, 0.3) is 11.0 Å². The van der Waals surface area contributed by atoms with Crippen LogP contribution in [0.15, 0.2) is 72.8 Å². The lowest BCUT2D eigenvalue weighted by atomic mass is 10.1. The Balaban J connectivity index is 1.28. The summed E-state index contributed by atoms with van der Waals surface area (Å²) in [4.78, 5) is 19.9. The van der Waals surface area contributed by atoms with Crippen molar-refractivity contribution in [3.63, 3.8) is 0 Å². The first-order valence-electron chi connectivity index (χ1n) is 12.8. The van der Waals surface area contributed by atoms with Gasteiger partial charge >= 0.3 is 0 Å². The van der Waals surface area contributed by atoms with Crippen LogP contribution in [0.2, 0.25) is 0 Å². The lowest BCUT2D eigenvalue weighted by molar-refractivity contribution is -0.117. The van der Waals surface area contributed by atoms with E-state index in [4.69, 9.17) is 14.5 Å². The van der Waals surface area contributed by atoms with E-state index in [-0.39, 0.29) is 11.8 Å². The van der Waals surface area contributed by atoms with Crippen molar-refractivity contribution in [1.29, 1.82) is 0 Å². The van der Waals surface area contributed by atoms with Gasteiger partial charge in [-0.15, -0.1) is 0 Å². The van der Waals surface area contributed by atoms with Gasteiger partial charge in [-0.05, 0) is 61.2 Å². The van der Waals surface area contributed by atoms with Gasteiger partial charge in [0.25, 0.3) is 0 Å². The number of hydrogen-bond donors (Lipinski definition) is 0. The third-order valence-electron chi connectivity index (χ3n) is 6.93. The van der Waals surface area contributed by atoms with E-state index in [2.05, 4.69) is 54.0 Å². The van der Waals surface area contributed by atoms with E-state index in [1.807, 2.05) is 35.2 Å². The fourth-order valence-corrected chi connectivity index (χ4v) is 4.97. The maximum absolute atomic E-state index is 13.0. The average molecular weight is 484 g/mol. The van der Waals surface area contributed by atoms with Crippen molar-refractivity contribution in [3.05, 3.63) is 84.2 Å². The molecule has 5 rings (SSSR count). The van der Waals surface area contributed by atoms with Crippen molar-refractivity contribution in [1.82, 2.24) is 9.55 Å². The monoisotopic (exact) mass is 483 g/mol. The number of benzene rings is 3. The number of hydrogen-bond acceptors (Lipinski definition) is 4. The smallest absolute Gasteiger partial charge is 0.227 e. The van der Waals surface area contributed by atoms with Gasteiger partial charge in [0, 0.05) is 31.1 Å². The zero-order chi connectivity index (χ0) is 24.9. The molecule has 186 valence electrons. The van der Waals surface area contributed by atoms with Crippen LogP contribution >= 0.6 is 0 Å². The first kappa shape index (κ1) is 23.9. The molecule has 0 bridgehead atoms. The van der Waals surface area contributed by atoms with E-state index in [1.165, 1.54) is 5.56 Å². The number of fused-ring (bicyclic) bond motifs is 1. The predicted molar refractivity (Wildman–Crippen MR) is 143 cm³/mol. The molecule has 6 heteroatoms. The number of ether oxygens (including phenoxy) is 2. The van der Waals surface area contributed by atoms with Crippen LogP contribution in [0.3, 0.4) is 0 Å². The molecule has 4 aromatic rings. The summed E-state index contributed by atoms with van der Waals surface area (Å²) >= 11 is 0. The van der Waals surface area contributed by atoms with Crippen LogP contribution in [0.1, 0.15) is 43.5 Å². The zero-order valence-corrected chi connectivity index (χ0v) is 21.0. The van der Waals surface area contributed by atoms with E-state index < -0.39 is 0 Å². The quantitative estimate of drug-likeness (QED) is 0.260. The highest BCUT2D eigenvalue weighted by molar-refractivity contribution is 5.96. The first-order valence-corrected chi connectivity index (χ1v) is 12.8. The first-order chi connectivity index (χ1) is 17.7. The van der Waals surface area contributed by atoms with E-state index >= 15 is 0 Å². The van der Waals surface area contributed by atoms with Gasteiger partial charge in [-0.2, -0.15) is 0 Å². The van der Waals surface area contributed by atoms with Gasteiger partial charge in [0.15, 0.2) is 11.5 Å². The van der Waals surface area contributed by atoms with Gasteiger partial charge in [0.2, 0.25) is 5.91 Å². The Morgan fingerprint density at radius 3 is 2.47 bits per heavy atom. The number of unbranched alkanes of at least 4 members (excludes halogenated alkanes) is 1. The van der Waals surface area contributed by atoms with Crippen molar-refractivity contribution in [2.24, 2.45) is 0 Å². The number of para-hydroxylation sites is 4. The summed E-state index contributed by atoms with van der Waals surface area (Å²) in [6, 6.07) is 24.3. The average Bonchev–Trinajstić information content (AvgIpc) is 3.49. The SMILES string of the molecule is CCc1ccc(N2CC(c3nc4ccccc4n3CCCCOc3ccccc3OC)CC2=O)cc1. The zero-order valence-electron chi connectivity index (χ0n) is 21.0. The number of imidazole rings is 1. The number of carbonyl (C=O) groups is 1. The summed E-state index contributed by atoms with van der Waals surface area (Å²) in [6.07, 6.45) is 3.33. The van der Waals surface area contributed by atoms with Gasteiger partial charge < -0.3 is 18.9 Å². The summed E-state index contributed by atoms with van der Waals surface area (Å²) in [6.45, 7) is 4.25. The largest absolute Gasteiger partial charge is 0.493 e. The number of rotatable bonds is 10. The summed E-state index contributed by atoms with van der Waals surface area (Å²) in [5.41, 5.74) is 4.35. The number of anilines is 1. The van der Waals surface area contributed by atoms with Crippen molar-refractivity contribution in [3.8, 4) is 11.5 Å². The molecule has 0 spiro atoms. The number of amides is 1. The third-order valence-corrected chi connectivity index (χ3v) is 6.93.